The Labute approximate surface area is 117 Å². The van der Waals surface area contributed by atoms with E-state index in [1.807, 2.05) is 0 Å². The van der Waals surface area contributed by atoms with Gasteiger partial charge in [-0.05, 0) is 30.0 Å². The fraction of sp³-hybridized carbons (Fsp3) is 0.118. The number of aromatic nitrogens is 1. The Bertz CT molecular complexity index is 699. The van der Waals surface area contributed by atoms with E-state index >= 15 is 0 Å². The molecule has 0 aliphatic heterocycles. The van der Waals surface area contributed by atoms with Crippen LogP contribution in [0.25, 0.3) is 21.7 Å². The number of hydrogen-bond acceptors (Lipinski definition) is 1. The first kappa shape index (κ1) is 12.1. The third-order valence-corrected chi connectivity index (χ3v) is 4.30. The van der Waals surface area contributed by atoms with Crippen molar-refractivity contribution in [1.29, 1.82) is 0 Å². The third-order valence-electron chi connectivity index (χ3n) is 3.38. The highest BCUT2D eigenvalue weighted by atomic mass is 32.1. The number of aryl methyl sites for hydroxylation is 2. The summed E-state index contributed by atoms with van der Waals surface area (Å²) in [7, 11) is 2.10. The number of rotatable bonds is 2. The van der Waals surface area contributed by atoms with Crippen LogP contribution in [0, 0.1) is 6.92 Å². The van der Waals surface area contributed by atoms with Crippen molar-refractivity contribution in [2.24, 2.45) is 7.05 Å². The van der Waals surface area contributed by atoms with Crippen LogP contribution in [0.15, 0.2) is 60.1 Å². The Hall–Kier alpha value is -1.93. The zero-order valence-electron chi connectivity index (χ0n) is 11.1. The van der Waals surface area contributed by atoms with Crippen LogP contribution in [0.5, 0.6) is 0 Å². The van der Waals surface area contributed by atoms with E-state index in [1.54, 1.807) is 11.3 Å². The maximum atomic E-state index is 2.27. The van der Waals surface area contributed by atoms with Crippen molar-refractivity contribution in [3.8, 4) is 21.7 Å². The molecule has 3 rings (SSSR count). The highest BCUT2D eigenvalue weighted by Gasteiger charge is 2.13. The third kappa shape index (κ3) is 2.32. The van der Waals surface area contributed by atoms with Gasteiger partial charge in [0.25, 0.3) is 0 Å². The van der Waals surface area contributed by atoms with Crippen molar-refractivity contribution in [3.63, 3.8) is 0 Å². The van der Waals surface area contributed by atoms with Crippen LogP contribution in [-0.2, 0) is 7.05 Å². The molecular formula is C17H16NS+. The molecule has 0 saturated heterocycles. The van der Waals surface area contributed by atoms with Crippen LogP contribution >= 0.6 is 11.3 Å². The van der Waals surface area contributed by atoms with E-state index in [1.165, 1.54) is 27.3 Å². The first-order valence-corrected chi connectivity index (χ1v) is 7.23. The Morgan fingerprint density at radius 1 is 1.00 bits per heavy atom. The molecule has 2 aromatic heterocycles. The number of benzene rings is 1. The van der Waals surface area contributed by atoms with Gasteiger partial charge in [-0.25, -0.2) is 4.57 Å². The van der Waals surface area contributed by atoms with E-state index in [0.29, 0.717) is 0 Å². The first-order chi connectivity index (χ1) is 9.25. The minimum absolute atomic E-state index is 1.25. The fourth-order valence-corrected chi connectivity index (χ4v) is 3.02. The molecule has 0 aliphatic rings. The molecule has 0 N–H and O–H groups in total. The second kappa shape index (κ2) is 4.98. The molecule has 0 radical (unpaired) electrons. The lowest BCUT2D eigenvalue weighted by molar-refractivity contribution is -0.660. The largest absolute Gasteiger partial charge is 0.213 e. The maximum Gasteiger partial charge on any atom is 0.213 e. The van der Waals surface area contributed by atoms with E-state index < -0.39 is 0 Å². The van der Waals surface area contributed by atoms with E-state index in [9.17, 15) is 0 Å². The highest BCUT2D eigenvalue weighted by Crippen LogP contribution is 2.28. The van der Waals surface area contributed by atoms with Gasteiger partial charge >= 0.3 is 0 Å². The molecule has 0 atom stereocenters. The van der Waals surface area contributed by atoms with Crippen LogP contribution in [0.1, 0.15) is 5.56 Å². The van der Waals surface area contributed by atoms with Crippen molar-refractivity contribution in [1.82, 2.24) is 0 Å². The van der Waals surface area contributed by atoms with Crippen molar-refractivity contribution < 1.29 is 4.57 Å². The molecule has 2 heterocycles. The van der Waals surface area contributed by atoms with Crippen LogP contribution in [-0.4, -0.2) is 0 Å². The van der Waals surface area contributed by atoms with Gasteiger partial charge < -0.3 is 0 Å². The molecule has 1 nitrogen and oxygen atoms in total. The van der Waals surface area contributed by atoms with Crippen molar-refractivity contribution >= 4 is 11.3 Å². The maximum absolute atomic E-state index is 2.27. The molecule has 2 heteroatoms. The van der Waals surface area contributed by atoms with Crippen LogP contribution in [0.3, 0.4) is 0 Å². The molecule has 0 spiro atoms. The van der Waals surface area contributed by atoms with E-state index in [-0.39, 0.29) is 0 Å². The summed E-state index contributed by atoms with van der Waals surface area (Å²) < 4.78 is 2.18. The van der Waals surface area contributed by atoms with Gasteiger partial charge in [-0.1, -0.05) is 24.3 Å². The quantitative estimate of drug-likeness (QED) is 0.612. The highest BCUT2D eigenvalue weighted by molar-refractivity contribution is 7.13. The van der Waals surface area contributed by atoms with Gasteiger partial charge in [0.15, 0.2) is 6.20 Å². The average Bonchev–Trinajstić information content (AvgIpc) is 2.94. The number of nitrogens with zero attached hydrogens (tertiary/aromatic N) is 1. The van der Waals surface area contributed by atoms with E-state index in [2.05, 4.69) is 78.6 Å². The Morgan fingerprint density at radius 3 is 2.58 bits per heavy atom. The van der Waals surface area contributed by atoms with Gasteiger partial charge in [0.2, 0.25) is 5.69 Å². The molecule has 0 bridgehead atoms. The SMILES string of the molecule is Cc1ccccc1-c1cc(-c2cccs2)cc[n+]1C. The second-order valence-electron chi connectivity index (χ2n) is 4.70. The fourth-order valence-electron chi connectivity index (χ4n) is 2.29. The average molecular weight is 266 g/mol. The molecule has 0 saturated carbocycles. The summed E-state index contributed by atoms with van der Waals surface area (Å²) in [6.45, 7) is 2.16. The minimum atomic E-state index is 1.25. The van der Waals surface area contributed by atoms with Gasteiger partial charge in [-0.15, -0.1) is 11.3 Å². The standard InChI is InChI=1S/C17H16NS/c1-13-6-3-4-7-15(13)16-12-14(9-10-18(16)2)17-8-5-11-19-17/h3-12H,1-2H3/q+1. The number of pyridine rings is 1. The van der Waals surface area contributed by atoms with Crippen LogP contribution < -0.4 is 4.57 Å². The molecule has 0 fully saturated rings. The Balaban J connectivity index is 2.17. The summed E-state index contributed by atoms with van der Waals surface area (Å²) in [5.41, 5.74) is 5.14. The molecule has 19 heavy (non-hydrogen) atoms. The molecule has 0 aliphatic carbocycles. The predicted octanol–water partition coefficient (Wildman–Crippen LogP) is 4.22. The van der Waals surface area contributed by atoms with Gasteiger partial charge in [0.1, 0.15) is 7.05 Å². The lowest BCUT2D eigenvalue weighted by Crippen LogP contribution is -2.30. The number of hydrogen-bond donors (Lipinski definition) is 0. The Morgan fingerprint density at radius 2 is 1.84 bits per heavy atom. The summed E-state index contributed by atoms with van der Waals surface area (Å²) in [6, 6.07) is 17.2. The summed E-state index contributed by atoms with van der Waals surface area (Å²) in [6.07, 6.45) is 2.14. The smallest absolute Gasteiger partial charge is 0.201 e. The molecule has 0 amide bonds. The van der Waals surface area contributed by atoms with Crippen molar-refractivity contribution in [2.45, 2.75) is 6.92 Å². The summed E-state index contributed by atoms with van der Waals surface area (Å²) >= 11 is 1.78. The zero-order chi connectivity index (χ0) is 13.2. The van der Waals surface area contributed by atoms with Crippen LogP contribution in [0.4, 0.5) is 0 Å². The number of thiophene rings is 1. The van der Waals surface area contributed by atoms with Gasteiger partial charge in [0.05, 0.1) is 0 Å². The molecule has 94 valence electrons. The molecular weight excluding hydrogens is 250 g/mol. The predicted molar refractivity (Wildman–Crippen MR) is 81.1 cm³/mol. The topological polar surface area (TPSA) is 3.88 Å². The second-order valence-corrected chi connectivity index (χ2v) is 5.65. The molecule has 1 aromatic carbocycles. The lowest BCUT2D eigenvalue weighted by atomic mass is 10.0. The minimum Gasteiger partial charge on any atom is -0.201 e. The van der Waals surface area contributed by atoms with Crippen molar-refractivity contribution in [2.75, 3.05) is 0 Å². The summed E-state index contributed by atoms with van der Waals surface area (Å²) in [4.78, 5) is 1.32. The Kier molecular flexibility index (Phi) is 3.18. The van der Waals surface area contributed by atoms with E-state index in [4.69, 9.17) is 0 Å². The monoisotopic (exact) mass is 266 g/mol. The van der Waals surface area contributed by atoms with Crippen LogP contribution in [0.2, 0.25) is 0 Å². The first-order valence-electron chi connectivity index (χ1n) is 6.35. The molecule has 3 aromatic rings. The summed E-state index contributed by atoms with van der Waals surface area (Å²) in [5.74, 6) is 0. The van der Waals surface area contributed by atoms with Gasteiger partial charge in [-0.3, -0.25) is 0 Å². The van der Waals surface area contributed by atoms with Crippen molar-refractivity contribution in [3.05, 3.63) is 65.7 Å². The van der Waals surface area contributed by atoms with Gasteiger partial charge in [-0.2, -0.15) is 0 Å². The van der Waals surface area contributed by atoms with Gasteiger partial charge in [0, 0.05) is 28.1 Å². The zero-order valence-corrected chi connectivity index (χ0v) is 11.9. The van der Waals surface area contributed by atoms with E-state index in [0.717, 1.165) is 0 Å². The lowest BCUT2D eigenvalue weighted by Gasteiger charge is -2.05. The summed E-state index contributed by atoms with van der Waals surface area (Å²) in [5, 5.41) is 2.12. The normalized spacial score (nSPS) is 10.6. The molecule has 0 unspecified atom stereocenters.